The summed E-state index contributed by atoms with van der Waals surface area (Å²) in [5.41, 5.74) is 7.59. The molecule has 3 N–H and O–H groups in total. The average molecular weight is 381 g/mol. The lowest BCUT2D eigenvalue weighted by Gasteiger charge is -2.40. The molecule has 5 nitrogen and oxygen atoms in total. The van der Waals surface area contributed by atoms with Crippen molar-refractivity contribution in [3.63, 3.8) is 0 Å². The number of amides is 1. The fraction of sp³-hybridized carbons (Fsp3) is 0.389. The highest BCUT2D eigenvalue weighted by Crippen LogP contribution is 2.39. The molecule has 1 heterocycles. The number of halogens is 2. The van der Waals surface area contributed by atoms with Crippen LogP contribution in [0.25, 0.3) is 0 Å². The average Bonchev–Trinajstić information content (AvgIpc) is 2.63. The monoisotopic (exact) mass is 380 g/mol. The van der Waals surface area contributed by atoms with Crippen LogP contribution < -0.4 is 11.1 Å². The SMILES string of the molecule is Cl.NC[C@]1(c2cccc(Cl)c2)CC[C@H](NC(=O)c2cnccn2)CC1. The summed E-state index contributed by atoms with van der Waals surface area (Å²) in [6.07, 6.45) is 8.18. The first-order valence-electron chi connectivity index (χ1n) is 8.16. The molecule has 134 valence electrons. The van der Waals surface area contributed by atoms with Gasteiger partial charge >= 0.3 is 0 Å². The first-order chi connectivity index (χ1) is 11.6. The summed E-state index contributed by atoms with van der Waals surface area (Å²) < 4.78 is 0. The minimum atomic E-state index is -0.170. The highest BCUT2D eigenvalue weighted by Gasteiger charge is 2.36. The maximum absolute atomic E-state index is 12.2. The Labute approximate surface area is 158 Å². The quantitative estimate of drug-likeness (QED) is 0.853. The van der Waals surface area contributed by atoms with E-state index in [9.17, 15) is 4.79 Å². The number of aromatic nitrogens is 2. The van der Waals surface area contributed by atoms with Gasteiger partial charge in [0.25, 0.3) is 5.91 Å². The van der Waals surface area contributed by atoms with E-state index in [1.54, 1.807) is 6.20 Å². The summed E-state index contributed by atoms with van der Waals surface area (Å²) in [5.74, 6) is -0.170. The third kappa shape index (κ3) is 4.48. The number of nitrogens with two attached hydrogens (primary N) is 1. The lowest BCUT2D eigenvalue weighted by Crippen LogP contribution is -2.45. The van der Waals surface area contributed by atoms with E-state index in [-0.39, 0.29) is 29.8 Å². The number of carbonyl (C=O) groups is 1. The number of hydrogen-bond donors (Lipinski definition) is 2. The molecule has 3 rings (SSSR count). The fourth-order valence-electron chi connectivity index (χ4n) is 3.42. The minimum absolute atomic E-state index is 0. The van der Waals surface area contributed by atoms with Crippen LogP contribution in [0.1, 0.15) is 41.7 Å². The van der Waals surface area contributed by atoms with E-state index in [0.717, 1.165) is 30.7 Å². The zero-order chi connectivity index (χ0) is 17.0. The van der Waals surface area contributed by atoms with E-state index in [0.29, 0.717) is 12.2 Å². The molecule has 0 aliphatic heterocycles. The highest BCUT2D eigenvalue weighted by molar-refractivity contribution is 6.30. The van der Waals surface area contributed by atoms with Crippen molar-refractivity contribution in [1.82, 2.24) is 15.3 Å². The Balaban J connectivity index is 0.00000225. The van der Waals surface area contributed by atoms with Crippen molar-refractivity contribution in [2.45, 2.75) is 37.1 Å². The van der Waals surface area contributed by atoms with Gasteiger partial charge in [0.2, 0.25) is 0 Å². The van der Waals surface area contributed by atoms with E-state index in [2.05, 4.69) is 21.4 Å². The zero-order valence-electron chi connectivity index (χ0n) is 13.8. The van der Waals surface area contributed by atoms with Crippen molar-refractivity contribution in [3.05, 3.63) is 59.1 Å². The van der Waals surface area contributed by atoms with Crippen molar-refractivity contribution >= 4 is 29.9 Å². The second-order valence-electron chi connectivity index (χ2n) is 6.33. The van der Waals surface area contributed by atoms with Crippen LogP contribution in [0.5, 0.6) is 0 Å². The second kappa shape index (κ2) is 8.61. The molecule has 2 aromatic rings. The summed E-state index contributed by atoms with van der Waals surface area (Å²) >= 11 is 6.14. The minimum Gasteiger partial charge on any atom is -0.348 e. The molecule has 0 radical (unpaired) electrons. The third-order valence-corrected chi connectivity index (χ3v) is 5.14. The van der Waals surface area contributed by atoms with E-state index in [1.807, 2.05) is 18.2 Å². The van der Waals surface area contributed by atoms with Gasteiger partial charge in [-0.3, -0.25) is 9.78 Å². The molecule has 1 aromatic heterocycles. The smallest absolute Gasteiger partial charge is 0.271 e. The van der Waals surface area contributed by atoms with Gasteiger partial charge in [0, 0.05) is 35.4 Å². The summed E-state index contributed by atoms with van der Waals surface area (Å²) in [5, 5.41) is 3.79. The van der Waals surface area contributed by atoms with Gasteiger partial charge in [-0.2, -0.15) is 0 Å². The van der Waals surface area contributed by atoms with E-state index < -0.39 is 0 Å². The van der Waals surface area contributed by atoms with Crippen LogP contribution in [0.2, 0.25) is 5.02 Å². The molecule has 0 atom stereocenters. The van der Waals surface area contributed by atoms with Crippen LogP contribution in [0, 0.1) is 0 Å². The number of carbonyl (C=O) groups excluding carboxylic acids is 1. The summed E-state index contributed by atoms with van der Waals surface area (Å²) in [7, 11) is 0. The molecule has 0 spiro atoms. The first kappa shape index (κ1) is 19.6. The Bertz CT molecular complexity index is 703. The molecule has 1 aliphatic rings. The molecule has 0 saturated heterocycles. The van der Waals surface area contributed by atoms with E-state index in [4.69, 9.17) is 17.3 Å². The predicted octanol–water partition coefficient (Wildman–Crippen LogP) is 3.12. The van der Waals surface area contributed by atoms with Crippen LogP contribution in [0.4, 0.5) is 0 Å². The Hall–Kier alpha value is -1.69. The topological polar surface area (TPSA) is 80.9 Å². The van der Waals surface area contributed by atoms with E-state index >= 15 is 0 Å². The normalized spacial score (nSPS) is 22.7. The lowest BCUT2D eigenvalue weighted by atomic mass is 9.68. The lowest BCUT2D eigenvalue weighted by molar-refractivity contribution is 0.0912. The van der Waals surface area contributed by atoms with Gasteiger partial charge < -0.3 is 11.1 Å². The Morgan fingerprint density at radius 2 is 2.08 bits per heavy atom. The van der Waals surface area contributed by atoms with Crippen LogP contribution in [-0.4, -0.2) is 28.5 Å². The molecule has 1 fully saturated rings. The maximum atomic E-state index is 12.2. The van der Waals surface area contributed by atoms with Crippen LogP contribution in [0.15, 0.2) is 42.9 Å². The van der Waals surface area contributed by atoms with Crippen molar-refractivity contribution in [2.24, 2.45) is 5.73 Å². The molecule has 25 heavy (non-hydrogen) atoms. The Morgan fingerprint density at radius 1 is 1.32 bits per heavy atom. The molecular weight excluding hydrogens is 359 g/mol. The maximum Gasteiger partial charge on any atom is 0.271 e. The van der Waals surface area contributed by atoms with Gasteiger partial charge in [-0.05, 0) is 43.4 Å². The van der Waals surface area contributed by atoms with Gasteiger partial charge in [-0.25, -0.2) is 4.98 Å². The number of rotatable bonds is 4. The summed E-state index contributed by atoms with van der Waals surface area (Å²) in [6.45, 7) is 0.582. The molecule has 7 heteroatoms. The first-order valence-corrected chi connectivity index (χ1v) is 8.54. The van der Waals surface area contributed by atoms with Crippen molar-refractivity contribution in [2.75, 3.05) is 6.54 Å². The van der Waals surface area contributed by atoms with Crippen LogP contribution >= 0.6 is 24.0 Å². The van der Waals surface area contributed by atoms with Crippen LogP contribution in [-0.2, 0) is 5.41 Å². The number of nitrogens with one attached hydrogen (secondary N) is 1. The Morgan fingerprint density at radius 3 is 2.68 bits per heavy atom. The zero-order valence-corrected chi connectivity index (χ0v) is 15.4. The number of nitrogens with zero attached hydrogens (tertiary/aromatic N) is 2. The fourth-order valence-corrected chi connectivity index (χ4v) is 3.61. The molecule has 1 saturated carbocycles. The number of benzene rings is 1. The summed E-state index contributed by atoms with van der Waals surface area (Å²) in [6, 6.07) is 8.08. The van der Waals surface area contributed by atoms with Gasteiger partial charge in [0.05, 0.1) is 6.20 Å². The Kier molecular flexibility index (Phi) is 6.76. The van der Waals surface area contributed by atoms with Gasteiger partial charge in [0.1, 0.15) is 5.69 Å². The third-order valence-electron chi connectivity index (χ3n) is 4.90. The van der Waals surface area contributed by atoms with Gasteiger partial charge in [0.15, 0.2) is 0 Å². The van der Waals surface area contributed by atoms with E-state index in [1.165, 1.54) is 18.0 Å². The van der Waals surface area contributed by atoms with Crippen molar-refractivity contribution in [3.8, 4) is 0 Å². The molecule has 1 aliphatic carbocycles. The molecule has 0 bridgehead atoms. The predicted molar refractivity (Wildman–Crippen MR) is 101 cm³/mol. The summed E-state index contributed by atoms with van der Waals surface area (Å²) in [4.78, 5) is 20.2. The van der Waals surface area contributed by atoms with Gasteiger partial charge in [-0.1, -0.05) is 23.7 Å². The molecule has 0 unspecified atom stereocenters. The largest absolute Gasteiger partial charge is 0.348 e. The van der Waals surface area contributed by atoms with Gasteiger partial charge in [-0.15, -0.1) is 12.4 Å². The highest BCUT2D eigenvalue weighted by atomic mass is 35.5. The standard InChI is InChI=1S/C18H21ClN4O.ClH/c19-14-3-1-2-13(10-14)18(12-20)6-4-15(5-7-18)23-17(24)16-11-21-8-9-22-16;/h1-3,8-11,15H,4-7,12,20H2,(H,23,24);1H/t15-,18-;. The number of hydrogen-bond acceptors (Lipinski definition) is 4. The molecule has 1 amide bonds. The second-order valence-corrected chi connectivity index (χ2v) is 6.77. The molecular formula is C18H22Cl2N4O. The van der Waals surface area contributed by atoms with Crippen LogP contribution in [0.3, 0.4) is 0 Å². The van der Waals surface area contributed by atoms with Crippen molar-refractivity contribution in [1.29, 1.82) is 0 Å². The van der Waals surface area contributed by atoms with Crippen molar-refractivity contribution < 1.29 is 4.79 Å². The molecule has 1 aromatic carbocycles.